The summed E-state index contributed by atoms with van der Waals surface area (Å²) in [5, 5.41) is 11.9. The minimum Gasteiger partial charge on any atom is -0.497 e. The van der Waals surface area contributed by atoms with Crippen LogP contribution in [0.25, 0.3) is 0 Å². The normalized spacial score (nSPS) is 11.5. The average Bonchev–Trinajstić information content (AvgIpc) is 2.84. The van der Waals surface area contributed by atoms with E-state index in [0.29, 0.717) is 17.7 Å². The maximum absolute atomic E-state index is 13.2. The number of ether oxygens (including phenoxy) is 1. The Morgan fingerprint density at radius 3 is 2.03 bits per heavy atom. The number of ketones is 2. The molecule has 0 radical (unpaired) electrons. The summed E-state index contributed by atoms with van der Waals surface area (Å²) >= 11 is 0. The van der Waals surface area contributed by atoms with Crippen LogP contribution in [-0.4, -0.2) is 42.3 Å². The largest absolute Gasteiger partial charge is 0.497 e. The zero-order valence-electron chi connectivity index (χ0n) is 18.5. The number of carbonyl (C=O) groups is 3. The molecule has 1 atom stereocenters. The molecule has 1 amide bonds. The Morgan fingerprint density at radius 2 is 1.42 bits per heavy atom. The second kappa shape index (κ2) is 11.7. The van der Waals surface area contributed by atoms with Gasteiger partial charge in [-0.1, -0.05) is 66.7 Å². The first kappa shape index (κ1) is 23.9. The topological polar surface area (TPSA) is 92.7 Å². The summed E-state index contributed by atoms with van der Waals surface area (Å²) in [7, 11) is 1.59. The molecule has 0 unspecified atom stereocenters. The Balaban J connectivity index is 1.73. The summed E-state index contributed by atoms with van der Waals surface area (Å²) < 4.78 is 5.19. The SMILES string of the molecule is COc1ccc(C[C@H](NC(=O)Cc2ccccc2)C(=O)Cc2ccc(C(=O)CO)cc2)cc1. The molecule has 33 heavy (non-hydrogen) atoms. The van der Waals surface area contributed by atoms with Gasteiger partial charge in [-0.2, -0.15) is 0 Å². The van der Waals surface area contributed by atoms with Crippen LogP contribution in [0.1, 0.15) is 27.0 Å². The summed E-state index contributed by atoms with van der Waals surface area (Å²) in [6.07, 6.45) is 0.648. The van der Waals surface area contributed by atoms with Crippen LogP contribution in [-0.2, 0) is 28.9 Å². The number of aliphatic hydroxyl groups is 1. The molecule has 0 aliphatic rings. The molecule has 0 spiro atoms. The van der Waals surface area contributed by atoms with Crippen LogP contribution in [0.2, 0.25) is 0 Å². The van der Waals surface area contributed by atoms with Gasteiger partial charge in [-0.3, -0.25) is 14.4 Å². The first-order valence-electron chi connectivity index (χ1n) is 10.7. The molecule has 170 valence electrons. The van der Waals surface area contributed by atoms with Crippen molar-refractivity contribution < 1.29 is 24.2 Å². The standard InChI is InChI=1S/C27H27NO5/c1-33-23-13-9-20(10-14-23)15-24(28-27(32)17-19-5-3-2-4-6-19)25(30)16-21-7-11-22(12-8-21)26(31)18-29/h2-14,24,29H,15-18H2,1H3,(H,28,32)/t24-/m0/s1. The average molecular weight is 446 g/mol. The lowest BCUT2D eigenvalue weighted by molar-refractivity contribution is -0.127. The smallest absolute Gasteiger partial charge is 0.225 e. The number of hydrogen-bond donors (Lipinski definition) is 2. The van der Waals surface area contributed by atoms with Crippen LogP contribution in [0, 0.1) is 0 Å². The van der Waals surface area contributed by atoms with E-state index in [-0.39, 0.29) is 30.3 Å². The van der Waals surface area contributed by atoms with Crippen LogP contribution >= 0.6 is 0 Å². The minimum atomic E-state index is -0.701. The Kier molecular flexibility index (Phi) is 8.49. The van der Waals surface area contributed by atoms with E-state index in [4.69, 9.17) is 9.84 Å². The molecule has 0 aliphatic carbocycles. The van der Waals surface area contributed by atoms with E-state index in [1.165, 1.54) is 0 Å². The van der Waals surface area contributed by atoms with Crippen molar-refractivity contribution in [3.05, 3.63) is 101 Å². The van der Waals surface area contributed by atoms with Gasteiger partial charge in [0.1, 0.15) is 12.4 Å². The van der Waals surface area contributed by atoms with E-state index >= 15 is 0 Å². The molecule has 3 aromatic rings. The number of aliphatic hydroxyl groups excluding tert-OH is 1. The van der Waals surface area contributed by atoms with E-state index in [0.717, 1.165) is 16.7 Å². The number of Topliss-reactive ketones (excluding diaryl/α,β-unsaturated/α-hetero) is 2. The lowest BCUT2D eigenvalue weighted by Crippen LogP contribution is -2.43. The highest BCUT2D eigenvalue weighted by atomic mass is 16.5. The van der Waals surface area contributed by atoms with Crippen molar-refractivity contribution in [2.75, 3.05) is 13.7 Å². The molecular weight excluding hydrogens is 418 g/mol. The van der Waals surface area contributed by atoms with Gasteiger partial charge in [0.2, 0.25) is 5.91 Å². The zero-order chi connectivity index (χ0) is 23.6. The molecule has 0 saturated carbocycles. The molecule has 0 saturated heterocycles. The fraction of sp³-hybridized carbons (Fsp3) is 0.222. The van der Waals surface area contributed by atoms with Crippen molar-refractivity contribution in [2.24, 2.45) is 0 Å². The van der Waals surface area contributed by atoms with Gasteiger partial charge < -0.3 is 15.2 Å². The van der Waals surface area contributed by atoms with E-state index in [1.807, 2.05) is 54.6 Å². The highest BCUT2D eigenvalue weighted by Gasteiger charge is 2.22. The third kappa shape index (κ3) is 7.12. The van der Waals surface area contributed by atoms with Crippen LogP contribution in [0.5, 0.6) is 5.75 Å². The molecule has 3 rings (SSSR count). The van der Waals surface area contributed by atoms with Crippen LogP contribution in [0.4, 0.5) is 0 Å². The van der Waals surface area contributed by atoms with Crippen LogP contribution in [0.15, 0.2) is 78.9 Å². The third-order valence-electron chi connectivity index (χ3n) is 5.33. The van der Waals surface area contributed by atoms with Gasteiger partial charge >= 0.3 is 0 Å². The number of hydrogen-bond acceptors (Lipinski definition) is 5. The maximum atomic E-state index is 13.2. The van der Waals surface area contributed by atoms with Gasteiger partial charge in [0, 0.05) is 12.0 Å². The van der Waals surface area contributed by atoms with Crippen molar-refractivity contribution in [3.63, 3.8) is 0 Å². The van der Waals surface area contributed by atoms with Gasteiger partial charge in [-0.25, -0.2) is 0 Å². The van der Waals surface area contributed by atoms with Gasteiger partial charge in [0.05, 0.1) is 19.6 Å². The number of rotatable bonds is 11. The minimum absolute atomic E-state index is 0.111. The molecule has 6 heteroatoms. The summed E-state index contributed by atoms with van der Waals surface area (Å²) in [6, 6.07) is 22.6. The van der Waals surface area contributed by atoms with Crippen molar-refractivity contribution in [1.29, 1.82) is 0 Å². The van der Waals surface area contributed by atoms with E-state index in [2.05, 4.69) is 5.32 Å². The second-order valence-electron chi connectivity index (χ2n) is 7.76. The van der Waals surface area contributed by atoms with Gasteiger partial charge in [0.25, 0.3) is 0 Å². The molecule has 0 bridgehead atoms. The molecule has 0 heterocycles. The fourth-order valence-corrected chi connectivity index (χ4v) is 3.49. The summed E-state index contributed by atoms with van der Waals surface area (Å²) in [5.41, 5.74) is 2.89. The summed E-state index contributed by atoms with van der Waals surface area (Å²) in [4.78, 5) is 37.4. The van der Waals surface area contributed by atoms with Crippen molar-refractivity contribution in [2.45, 2.75) is 25.3 Å². The van der Waals surface area contributed by atoms with E-state index in [9.17, 15) is 14.4 Å². The Labute approximate surface area is 193 Å². The number of carbonyl (C=O) groups excluding carboxylic acids is 3. The van der Waals surface area contributed by atoms with E-state index < -0.39 is 12.6 Å². The number of benzene rings is 3. The zero-order valence-corrected chi connectivity index (χ0v) is 18.5. The molecule has 0 fully saturated rings. The predicted molar refractivity (Wildman–Crippen MR) is 125 cm³/mol. The number of methoxy groups -OCH3 is 1. The predicted octanol–water partition coefficient (Wildman–Crippen LogP) is 2.95. The van der Waals surface area contributed by atoms with Gasteiger partial charge in [-0.15, -0.1) is 0 Å². The molecule has 2 N–H and O–H groups in total. The second-order valence-corrected chi connectivity index (χ2v) is 7.76. The number of amides is 1. The fourth-order valence-electron chi connectivity index (χ4n) is 3.49. The van der Waals surface area contributed by atoms with Gasteiger partial charge in [0.15, 0.2) is 11.6 Å². The number of nitrogens with one attached hydrogen (secondary N) is 1. The molecule has 0 aromatic heterocycles. The monoisotopic (exact) mass is 445 g/mol. The third-order valence-corrected chi connectivity index (χ3v) is 5.33. The van der Waals surface area contributed by atoms with Crippen molar-refractivity contribution in [3.8, 4) is 5.75 Å². The van der Waals surface area contributed by atoms with Gasteiger partial charge in [-0.05, 0) is 35.2 Å². The van der Waals surface area contributed by atoms with Crippen LogP contribution in [0.3, 0.4) is 0 Å². The molecule has 6 nitrogen and oxygen atoms in total. The summed E-state index contributed by atoms with van der Waals surface area (Å²) in [5.74, 6) is -0.0175. The lowest BCUT2D eigenvalue weighted by atomic mass is 9.96. The van der Waals surface area contributed by atoms with E-state index in [1.54, 1.807) is 31.4 Å². The van der Waals surface area contributed by atoms with Crippen molar-refractivity contribution >= 4 is 17.5 Å². The lowest BCUT2D eigenvalue weighted by Gasteiger charge is -2.18. The molecular formula is C27H27NO5. The highest BCUT2D eigenvalue weighted by Crippen LogP contribution is 2.15. The first-order valence-corrected chi connectivity index (χ1v) is 10.7. The maximum Gasteiger partial charge on any atom is 0.225 e. The highest BCUT2D eigenvalue weighted by molar-refractivity contribution is 5.97. The quantitative estimate of drug-likeness (QED) is 0.443. The molecule has 3 aromatic carbocycles. The van der Waals surface area contributed by atoms with Crippen LogP contribution < -0.4 is 10.1 Å². The Morgan fingerprint density at radius 1 is 0.818 bits per heavy atom. The molecule has 0 aliphatic heterocycles. The Bertz CT molecular complexity index is 1080. The Hall–Kier alpha value is -3.77. The first-order chi connectivity index (χ1) is 16.0. The summed E-state index contributed by atoms with van der Waals surface area (Å²) in [6.45, 7) is -0.560. The van der Waals surface area contributed by atoms with Crippen molar-refractivity contribution in [1.82, 2.24) is 5.32 Å².